The number of fused-ring (bicyclic) bond motifs is 1. The summed E-state index contributed by atoms with van der Waals surface area (Å²) in [5.74, 6) is -2.75. The number of benzene rings is 1. The zero-order chi connectivity index (χ0) is 21.2. The SMILES string of the molecule is Cc1[nH]c2ccc(OC(F)(F)F)cc2c1CCNC(=O)[C@@H]1CCCC[C@H]1C(=O)O. The Morgan fingerprint density at radius 2 is 1.93 bits per heavy atom. The highest BCUT2D eigenvalue weighted by atomic mass is 19.4. The Balaban J connectivity index is 1.68. The van der Waals surface area contributed by atoms with Gasteiger partial charge in [-0.1, -0.05) is 12.8 Å². The molecule has 1 saturated carbocycles. The zero-order valence-electron chi connectivity index (χ0n) is 15.9. The summed E-state index contributed by atoms with van der Waals surface area (Å²) in [6.07, 6.45) is -1.70. The van der Waals surface area contributed by atoms with Crippen LogP contribution >= 0.6 is 0 Å². The number of amides is 1. The number of aliphatic carboxylic acids is 1. The molecule has 1 amide bonds. The molecule has 2 aromatic rings. The molecule has 0 unspecified atom stereocenters. The van der Waals surface area contributed by atoms with Crippen molar-refractivity contribution in [2.75, 3.05) is 6.54 Å². The first-order valence-corrected chi connectivity index (χ1v) is 9.53. The van der Waals surface area contributed by atoms with Crippen molar-refractivity contribution in [2.24, 2.45) is 11.8 Å². The fourth-order valence-electron chi connectivity index (χ4n) is 4.06. The molecule has 0 saturated heterocycles. The molecule has 0 aliphatic heterocycles. The van der Waals surface area contributed by atoms with Gasteiger partial charge in [0, 0.05) is 23.1 Å². The molecule has 0 spiro atoms. The van der Waals surface area contributed by atoms with Crippen molar-refractivity contribution < 1.29 is 32.6 Å². The smallest absolute Gasteiger partial charge is 0.481 e. The molecule has 3 N–H and O–H groups in total. The van der Waals surface area contributed by atoms with E-state index in [0.717, 1.165) is 24.1 Å². The van der Waals surface area contributed by atoms with Crippen LogP contribution in [0.1, 0.15) is 36.9 Å². The largest absolute Gasteiger partial charge is 0.573 e. The minimum atomic E-state index is -4.77. The van der Waals surface area contributed by atoms with E-state index in [1.807, 2.05) is 6.92 Å². The van der Waals surface area contributed by atoms with Crippen molar-refractivity contribution in [3.63, 3.8) is 0 Å². The first-order chi connectivity index (χ1) is 13.7. The third-order valence-electron chi connectivity index (χ3n) is 5.42. The number of halogens is 3. The molecule has 29 heavy (non-hydrogen) atoms. The van der Waals surface area contributed by atoms with E-state index in [9.17, 15) is 27.9 Å². The van der Waals surface area contributed by atoms with E-state index in [1.165, 1.54) is 18.2 Å². The van der Waals surface area contributed by atoms with Crippen LogP contribution in [-0.4, -0.2) is 34.9 Å². The van der Waals surface area contributed by atoms with Gasteiger partial charge in [0.1, 0.15) is 5.75 Å². The summed E-state index contributed by atoms with van der Waals surface area (Å²) in [5, 5.41) is 12.7. The molecule has 1 aliphatic rings. The molecule has 1 aliphatic carbocycles. The Bertz CT molecular complexity index is 907. The van der Waals surface area contributed by atoms with Gasteiger partial charge >= 0.3 is 12.3 Å². The van der Waals surface area contributed by atoms with Gasteiger partial charge in [-0.05, 0) is 49.9 Å². The van der Waals surface area contributed by atoms with Gasteiger partial charge in [-0.3, -0.25) is 9.59 Å². The quantitative estimate of drug-likeness (QED) is 0.671. The van der Waals surface area contributed by atoms with Crippen LogP contribution in [0.2, 0.25) is 0 Å². The lowest BCUT2D eigenvalue weighted by Crippen LogP contribution is -2.40. The monoisotopic (exact) mass is 412 g/mol. The van der Waals surface area contributed by atoms with Gasteiger partial charge in [0.2, 0.25) is 5.91 Å². The van der Waals surface area contributed by atoms with Crippen molar-refractivity contribution in [2.45, 2.75) is 45.4 Å². The molecule has 1 aromatic carbocycles. The zero-order valence-corrected chi connectivity index (χ0v) is 15.9. The summed E-state index contributed by atoms with van der Waals surface area (Å²) in [6, 6.07) is 4.09. The van der Waals surface area contributed by atoms with Crippen molar-refractivity contribution >= 4 is 22.8 Å². The Morgan fingerprint density at radius 1 is 1.24 bits per heavy atom. The number of carboxylic acid groups (broad SMARTS) is 1. The molecule has 1 fully saturated rings. The lowest BCUT2D eigenvalue weighted by Gasteiger charge is -2.27. The molecular formula is C20H23F3N2O4. The standard InChI is InChI=1S/C20H23F3N2O4/c1-11-13(16-10-12(29-20(21,22)23)6-7-17(16)25-11)8-9-24-18(26)14-4-2-3-5-15(14)19(27)28/h6-7,10,14-15,25H,2-5,8-9H2,1H3,(H,24,26)(H,27,28)/t14-,15-/m1/s1. The van der Waals surface area contributed by atoms with Gasteiger partial charge in [0.15, 0.2) is 0 Å². The Morgan fingerprint density at radius 3 is 2.59 bits per heavy atom. The molecule has 1 aromatic heterocycles. The topological polar surface area (TPSA) is 91.4 Å². The summed E-state index contributed by atoms with van der Waals surface area (Å²) in [6.45, 7) is 2.07. The normalized spacial score (nSPS) is 19.9. The second-order valence-electron chi connectivity index (χ2n) is 7.36. The van der Waals surface area contributed by atoms with Gasteiger partial charge < -0.3 is 20.1 Å². The highest BCUT2D eigenvalue weighted by Crippen LogP contribution is 2.31. The summed E-state index contributed by atoms with van der Waals surface area (Å²) in [7, 11) is 0. The molecule has 2 atom stereocenters. The number of H-pyrrole nitrogens is 1. The number of aryl methyl sites for hydroxylation is 1. The predicted molar refractivity (Wildman–Crippen MR) is 99.5 cm³/mol. The van der Waals surface area contributed by atoms with Crippen LogP contribution in [0.25, 0.3) is 10.9 Å². The third kappa shape index (κ3) is 5.02. The summed E-state index contributed by atoms with van der Waals surface area (Å²) < 4.78 is 41.4. The molecule has 0 bridgehead atoms. The van der Waals surface area contributed by atoms with Crippen molar-refractivity contribution in [1.82, 2.24) is 10.3 Å². The molecule has 6 nitrogen and oxygen atoms in total. The van der Waals surface area contributed by atoms with Crippen LogP contribution in [-0.2, 0) is 16.0 Å². The fraction of sp³-hybridized carbons (Fsp3) is 0.500. The van der Waals surface area contributed by atoms with Crippen LogP contribution < -0.4 is 10.1 Å². The van der Waals surface area contributed by atoms with Gasteiger partial charge in [0.05, 0.1) is 11.8 Å². The lowest BCUT2D eigenvalue weighted by atomic mass is 9.78. The average molecular weight is 412 g/mol. The van der Waals surface area contributed by atoms with E-state index in [-0.39, 0.29) is 18.2 Å². The maximum atomic E-state index is 12.5. The van der Waals surface area contributed by atoms with Gasteiger partial charge in [-0.15, -0.1) is 13.2 Å². The highest BCUT2D eigenvalue weighted by molar-refractivity contribution is 5.87. The second-order valence-corrected chi connectivity index (χ2v) is 7.36. The molecule has 3 rings (SSSR count). The summed E-state index contributed by atoms with van der Waals surface area (Å²) in [5.41, 5.74) is 2.25. The molecular weight excluding hydrogens is 389 g/mol. The van der Waals surface area contributed by atoms with Crippen molar-refractivity contribution in [3.05, 3.63) is 29.5 Å². The minimum absolute atomic E-state index is 0.264. The van der Waals surface area contributed by atoms with E-state index in [0.29, 0.717) is 30.2 Å². The van der Waals surface area contributed by atoms with E-state index in [2.05, 4.69) is 15.0 Å². The van der Waals surface area contributed by atoms with Crippen LogP contribution in [0.15, 0.2) is 18.2 Å². The minimum Gasteiger partial charge on any atom is -0.481 e. The summed E-state index contributed by atoms with van der Waals surface area (Å²) >= 11 is 0. The van der Waals surface area contributed by atoms with Crippen molar-refractivity contribution in [1.29, 1.82) is 0 Å². The predicted octanol–water partition coefficient (Wildman–Crippen LogP) is 3.92. The number of nitrogens with one attached hydrogen (secondary N) is 2. The molecule has 158 valence electrons. The third-order valence-corrected chi connectivity index (χ3v) is 5.42. The molecule has 1 heterocycles. The number of carbonyl (C=O) groups is 2. The second kappa shape index (κ2) is 8.34. The van der Waals surface area contributed by atoms with E-state index < -0.39 is 24.2 Å². The number of hydrogen-bond donors (Lipinski definition) is 3. The van der Waals surface area contributed by atoms with Gasteiger partial charge in [0.25, 0.3) is 0 Å². The fourth-order valence-corrected chi connectivity index (χ4v) is 4.06. The van der Waals surface area contributed by atoms with Crippen LogP contribution in [0.4, 0.5) is 13.2 Å². The van der Waals surface area contributed by atoms with E-state index in [4.69, 9.17) is 0 Å². The highest BCUT2D eigenvalue weighted by Gasteiger charge is 2.35. The Labute approximate surface area is 165 Å². The number of alkyl halides is 3. The van der Waals surface area contributed by atoms with Crippen molar-refractivity contribution in [3.8, 4) is 5.75 Å². The van der Waals surface area contributed by atoms with Gasteiger partial charge in [-0.25, -0.2) is 0 Å². The number of rotatable bonds is 6. The number of aromatic amines is 1. The van der Waals surface area contributed by atoms with E-state index in [1.54, 1.807) is 0 Å². The van der Waals surface area contributed by atoms with E-state index >= 15 is 0 Å². The Kier molecular flexibility index (Phi) is 6.04. The average Bonchev–Trinajstić information content (AvgIpc) is 2.95. The summed E-state index contributed by atoms with van der Waals surface area (Å²) in [4.78, 5) is 27.0. The Hall–Kier alpha value is -2.71. The molecule has 0 radical (unpaired) electrons. The van der Waals surface area contributed by atoms with Crippen LogP contribution in [0, 0.1) is 18.8 Å². The van der Waals surface area contributed by atoms with Crippen LogP contribution in [0.3, 0.4) is 0 Å². The van der Waals surface area contributed by atoms with Gasteiger partial charge in [-0.2, -0.15) is 0 Å². The number of aromatic nitrogens is 1. The van der Waals surface area contributed by atoms with Crippen LogP contribution in [0.5, 0.6) is 5.75 Å². The maximum absolute atomic E-state index is 12.5. The number of ether oxygens (including phenoxy) is 1. The number of carbonyl (C=O) groups excluding carboxylic acids is 1. The first-order valence-electron chi connectivity index (χ1n) is 9.53. The number of hydrogen-bond acceptors (Lipinski definition) is 3. The molecule has 9 heteroatoms. The number of carboxylic acids is 1. The maximum Gasteiger partial charge on any atom is 0.573 e. The first kappa shape index (κ1) is 21.0. The lowest BCUT2D eigenvalue weighted by molar-refractivity contribution is -0.274.